The quantitative estimate of drug-likeness (QED) is 0.491. The van der Waals surface area contributed by atoms with Gasteiger partial charge in [-0.3, -0.25) is 4.79 Å². The Morgan fingerprint density at radius 1 is 1.25 bits per heavy atom. The van der Waals surface area contributed by atoms with Crippen molar-refractivity contribution in [1.82, 2.24) is 10.2 Å². The zero-order chi connectivity index (χ0) is 13.5. The maximum Gasteiger partial charge on any atom is 0.222 e. The maximum absolute atomic E-state index is 11.9. The predicted molar refractivity (Wildman–Crippen MR) is 74.7 cm³/mol. The third-order valence-corrected chi connectivity index (χ3v) is 3.58. The van der Waals surface area contributed by atoms with Gasteiger partial charge in [-0.2, -0.15) is 0 Å². The first-order valence-corrected chi connectivity index (χ1v) is 7.20. The highest BCUT2D eigenvalue weighted by Gasteiger charge is 2.15. The molecule has 0 spiro atoms. The van der Waals surface area contributed by atoms with E-state index < -0.39 is 0 Å². The van der Waals surface area contributed by atoms with Crippen molar-refractivity contribution in [2.75, 3.05) is 26.2 Å². The number of rotatable bonds is 5. The van der Waals surface area contributed by atoms with Gasteiger partial charge in [0.15, 0.2) is 12.4 Å². The number of nitrogens with one attached hydrogen (secondary N) is 1. The summed E-state index contributed by atoms with van der Waals surface area (Å²) in [6.07, 6.45) is 6.93. The van der Waals surface area contributed by atoms with Crippen molar-refractivity contribution in [3.05, 3.63) is 30.1 Å². The molecule has 1 amide bonds. The highest BCUT2D eigenvalue weighted by atomic mass is 79.9. The minimum Gasteiger partial charge on any atom is -1.00 e. The minimum absolute atomic E-state index is 0. The Bertz CT molecular complexity index is 402. The molecule has 0 aliphatic carbocycles. The number of amides is 1. The molecule has 20 heavy (non-hydrogen) atoms. The second-order valence-electron chi connectivity index (χ2n) is 5.20. The summed E-state index contributed by atoms with van der Waals surface area (Å²) in [7, 11) is 0. The maximum atomic E-state index is 11.9. The van der Waals surface area contributed by atoms with E-state index >= 15 is 0 Å². The number of halogens is 1. The molecule has 1 aromatic heterocycles. The van der Waals surface area contributed by atoms with Gasteiger partial charge >= 0.3 is 0 Å². The number of pyridine rings is 1. The van der Waals surface area contributed by atoms with Gasteiger partial charge < -0.3 is 27.2 Å². The van der Waals surface area contributed by atoms with Gasteiger partial charge in [-0.1, -0.05) is 0 Å². The molecule has 1 N–H and O–H groups in total. The molecule has 0 atom stereocenters. The van der Waals surface area contributed by atoms with Gasteiger partial charge in [0.05, 0.1) is 0 Å². The number of carbonyl (C=O) groups is 1. The van der Waals surface area contributed by atoms with Gasteiger partial charge in [0, 0.05) is 51.2 Å². The van der Waals surface area contributed by atoms with E-state index in [1.165, 1.54) is 5.56 Å². The largest absolute Gasteiger partial charge is 1.00 e. The Balaban J connectivity index is 0.00000200. The number of carbonyl (C=O) groups excluding carboxylic acids is 1. The molecule has 0 radical (unpaired) electrons. The van der Waals surface area contributed by atoms with Crippen molar-refractivity contribution >= 4 is 5.91 Å². The SMILES string of the molecule is Cc1cc[n+](CCCCC(=O)N2CCNCC2)cc1.[Br-]. The normalized spacial score (nSPS) is 14.8. The molecular weight excluding hydrogens is 318 g/mol. The lowest BCUT2D eigenvalue weighted by Crippen LogP contribution is -3.00. The molecular formula is C15H24BrN3O. The van der Waals surface area contributed by atoms with Gasteiger partial charge in [0.25, 0.3) is 0 Å². The first kappa shape index (κ1) is 17.1. The van der Waals surface area contributed by atoms with E-state index in [0.29, 0.717) is 12.3 Å². The minimum atomic E-state index is 0. The van der Waals surface area contributed by atoms with E-state index in [9.17, 15) is 4.79 Å². The number of nitrogens with zero attached hydrogens (tertiary/aromatic N) is 2. The second-order valence-corrected chi connectivity index (χ2v) is 5.20. The number of piperazine rings is 1. The zero-order valence-corrected chi connectivity index (χ0v) is 13.7. The Hall–Kier alpha value is -0.940. The van der Waals surface area contributed by atoms with Crippen LogP contribution >= 0.6 is 0 Å². The van der Waals surface area contributed by atoms with Crippen molar-refractivity contribution in [2.45, 2.75) is 32.7 Å². The number of aromatic nitrogens is 1. The molecule has 2 heterocycles. The average Bonchev–Trinajstić information content (AvgIpc) is 2.46. The van der Waals surface area contributed by atoms with Crippen LogP contribution in [0.5, 0.6) is 0 Å². The molecule has 0 unspecified atom stereocenters. The summed E-state index contributed by atoms with van der Waals surface area (Å²) >= 11 is 0. The molecule has 1 aliphatic rings. The van der Waals surface area contributed by atoms with E-state index in [2.05, 4.69) is 41.3 Å². The fraction of sp³-hybridized carbons (Fsp3) is 0.600. The highest BCUT2D eigenvalue weighted by molar-refractivity contribution is 5.76. The third-order valence-electron chi connectivity index (χ3n) is 3.58. The smallest absolute Gasteiger partial charge is 0.222 e. The van der Waals surface area contributed by atoms with E-state index in [4.69, 9.17) is 0 Å². The van der Waals surface area contributed by atoms with Gasteiger partial charge in [-0.25, -0.2) is 4.57 Å². The Labute approximate surface area is 131 Å². The Morgan fingerprint density at radius 3 is 2.55 bits per heavy atom. The summed E-state index contributed by atoms with van der Waals surface area (Å²) in [6.45, 7) is 6.69. The van der Waals surface area contributed by atoms with E-state index in [0.717, 1.165) is 45.6 Å². The van der Waals surface area contributed by atoms with Crippen LogP contribution in [0.25, 0.3) is 0 Å². The fourth-order valence-electron chi connectivity index (χ4n) is 2.32. The second kappa shape index (κ2) is 9.08. The lowest BCUT2D eigenvalue weighted by Gasteiger charge is -2.27. The van der Waals surface area contributed by atoms with Crippen LogP contribution < -0.4 is 26.9 Å². The Kier molecular flexibility index (Phi) is 7.77. The van der Waals surface area contributed by atoms with Crippen molar-refractivity contribution < 1.29 is 26.3 Å². The predicted octanol–water partition coefficient (Wildman–Crippen LogP) is -2.11. The van der Waals surface area contributed by atoms with Gasteiger partial charge in [0.1, 0.15) is 6.54 Å². The van der Waals surface area contributed by atoms with Crippen LogP contribution in [0.2, 0.25) is 0 Å². The summed E-state index contributed by atoms with van der Waals surface area (Å²) in [5.74, 6) is 0.315. The number of hydrogen-bond donors (Lipinski definition) is 1. The fourth-order valence-corrected chi connectivity index (χ4v) is 2.32. The first-order chi connectivity index (χ1) is 9.25. The standard InChI is InChI=1S/C15H24N3O.BrH/c1-14-5-10-17(11-6-14)9-3-2-4-15(19)18-12-7-16-8-13-18;/h5-6,10-11,16H,2-4,7-9,12-13H2,1H3;1H/q+1;/p-1. The third kappa shape index (κ3) is 5.59. The molecule has 0 aromatic carbocycles. The number of unbranched alkanes of at least 4 members (excludes halogenated alkanes) is 1. The molecule has 1 aromatic rings. The lowest BCUT2D eigenvalue weighted by atomic mass is 10.2. The van der Waals surface area contributed by atoms with E-state index in [1.807, 2.05) is 4.90 Å². The molecule has 0 saturated carbocycles. The summed E-state index contributed by atoms with van der Waals surface area (Å²) < 4.78 is 2.18. The lowest BCUT2D eigenvalue weighted by molar-refractivity contribution is -0.697. The van der Waals surface area contributed by atoms with Gasteiger partial charge in [-0.15, -0.1) is 0 Å². The van der Waals surface area contributed by atoms with Crippen LogP contribution in [0.15, 0.2) is 24.5 Å². The van der Waals surface area contributed by atoms with Crippen molar-refractivity contribution in [3.63, 3.8) is 0 Å². The average molecular weight is 342 g/mol. The topological polar surface area (TPSA) is 36.2 Å². The molecule has 1 aliphatic heterocycles. The van der Waals surface area contributed by atoms with Crippen LogP contribution in [0.3, 0.4) is 0 Å². The van der Waals surface area contributed by atoms with Gasteiger partial charge in [0.2, 0.25) is 5.91 Å². The van der Waals surface area contributed by atoms with E-state index in [-0.39, 0.29) is 17.0 Å². The van der Waals surface area contributed by atoms with Crippen molar-refractivity contribution in [3.8, 4) is 0 Å². The summed E-state index contributed by atoms with van der Waals surface area (Å²) in [5, 5.41) is 3.27. The number of hydrogen-bond acceptors (Lipinski definition) is 2. The first-order valence-electron chi connectivity index (χ1n) is 7.20. The van der Waals surface area contributed by atoms with Crippen LogP contribution in [0.1, 0.15) is 24.8 Å². The molecule has 1 fully saturated rings. The van der Waals surface area contributed by atoms with Crippen molar-refractivity contribution in [1.29, 1.82) is 0 Å². The van der Waals surface area contributed by atoms with Crippen LogP contribution in [-0.4, -0.2) is 37.0 Å². The monoisotopic (exact) mass is 341 g/mol. The Morgan fingerprint density at radius 2 is 1.90 bits per heavy atom. The zero-order valence-electron chi connectivity index (χ0n) is 12.1. The molecule has 112 valence electrons. The summed E-state index contributed by atoms with van der Waals surface area (Å²) in [6, 6.07) is 4.23. The van der Waals surface area contributed by atoms with Crippen LogP contribution in [0, 0.1) is 6.92 Å². The van der Waals surface area contributed by atoms with Crippen molar-refractivity contribution in [2.24, 2.45) is 0 Å². The molecule has 0 bridgehead atoms. The summed E-state index contributed by atoms with van der Waals surface area (Å²) in [4.78, 5) is 13.9. The molecule has 1 saturated heterocycles. The summed E-state index contributed by atoms with van der Waals surface area (Å²) in [5.41, 5.74) is 1.28. The molecule has 2 rings (SSSR count). The van der Waals surface area contributed by atoms with E-state index in [1.54, 1.807) is 0 Å². The number of aryl methyl sites for hydroxylation is 2. The van der Waals surface area contributed by atoms with Gasteiger partial charge in [-0.05, 0) is 18.9 Å². The molecule has 4 nitrogen and oxygen atoms in total. The molecule has 5 heteroatoms. The highest BCUT2D eigenvalue weighted by Crippen LogP contribution is 2.02. The van der Waals surface area contributed by atoms with Crippen LogP contribution in [-0.2, 0) is 11.3 Å². The van der Waals surface area contributed by atoms with Crippen LogP contribution in [0.4, 0.5) is 0 Å².